The zero-order valence-electron chi connectivity index (χ0n) is 12.5. The molecule has 2 aromatic rings. The number of amides is 1. The Morgan fingerprint density at radius 3 is 2.56 bits per heavy atom. The van der Waals surface area contributed by atoms with Gasteiger partial charge < -0.3 is 5.32 Å². The summed E-state index contributed by atoms with van der Waals surface area (Å²) in [5.74, 6) is -1.28. The summed E-state index contributed by atoms with van der Waals surface area (Å²) >= 11 is 10.7. The number of nitrogens with zero attached hydrogens (tertiary/aromatic N) is 1. The first-order valence-electron chi connectivity index (χ1n) is 6.85. The number of nitro benzene ring substituents is 1. The fourth-order valence-electron chi connectivity index (χ4n) is 1.78. The molecule has 2 rings (SSSR count). The van der Waals surface area contributed by atoms with Gasteiger partial charge in [-0.25, -0.2) is 4.39 Å². The molecule has 9 heteroatoms. The summed E-state index contributed by atoms with van der Waals surface area (Å²) in [6.45, 7) is 0. The lowest BCUT2D eigenvalue weighted by Gasteiger charge is -2.08. The quantitative estimate of drug-likeness (QED) is 0.364. The van der Waals surface area contributed by atoms with Crippen molar-refractivity contribution < 1.29 is 14.1 Å². The molecule has 0 saturated carbocycles. The molecule has 0 fully saturated rings. The molecule has 0 saturated heterocycles. The van der Waals surface area contributed by atoms with E-state index in [-0.39, 0.29) is 16.5 Å². The third kappa shape index (κ3) is 5.63. The Morgan fingerprint density at radius 2 is 1.92 bits per heavy atom. The van der Waals surface area contributed by atoms with E-state index in [1.54, 1.807) is 30.3 Å². The van der Waals surface area contributed by atoms with E-state index in [1.807, 2.05) is 0 Å². The first-order valence-corrected chi connectivity index (χ1v) is 7.63. The van der Waals surface area contributed by atoms with Crippen molar-refractivity contribution in [1.82, 2.24) is 5.32 Å². The van der Waals surface area contributed by atoms with Gasteiger partial charge in [0.05, 0.1) is 10.6 Å². The average molecular weight is 380 g/mol. The van der Waals surface area contributed by atoms with Gasteiger partial charge in [0.15, 0.2) is 5.11 Å². The van der Waals surface area contributed by atoms with E-state index < -0.39 is 16.6 Å². The van der Waals surface area contributed by atoms with E-state index in [1.165, 1.54) is 6.08 Å². The standard InChI is InChI=1S/C16H11ClFN3O3S/c17-11-4-1-10(2-5-11)3-8-15(22)20-16(25)19-14-9-12(21(23)24)6-7-13(14)18/h1-9H,(H2,19,20,22,25)/b8-3+. The number of carbonyl (C=O) groups is 1. The molecule has 2 aromatic carbocycles. The molecule has 0 aromatic heterocycles. The van der Waals surface area contributed by atoms with Crippen LogP contribution in [-0.4, -0.2) is 15.9 Å². The molecule has 0 atom stereocenters. The molecule has 0 unspecified atom stereocenters. The number of thiocarbonyl (C=S) groups is 1. The lowest BCUT2D eigenvalue weighted by Crippen LogP contribution is -2.33. The van der Waals surface area contributed by atoms with Crippen molar-refractivity contribution in [2.75, 3.05) is 5.32 Å². The molecule has 2 N–H and O–H groups in total. The van der Waals surface area contributed by atoms with E-state index in [0.29, 0.717) is 5.02 Å². The highest BCUT2D eigenvalue weighted by Crippen LogP contribution is 2.21. The van der Waals surface area contributed by atoms with Crippen LogP contribution < -0.4 is 10.6 Å². The number of nitrogens with one attached hydrogen (secondary N) is 2. The van der Waals surface area contributed by atoms with Crippen LogP contribution in [0.2, 0.25) is 5.02 Å². The summed E-state index contributed by atoms with van der Waals surface area (Å²) in [6, 6.07) is 9.74. The SMILES string of the molecule is O=C(/C=C/c1ccc(Cl)cc1)NC(=S)Nc1cc([N+](=O)[O-])ccc1F. The van der Waals surface area contributed by atoms with E-state index in [4.69, 9.17) is 23.8 Å². The Balaban J connectivity index is 1.97. The Hall–Kier alpha value is -2.84. The van der Waals surface area contributed by atoms with Crippen LogP contribution in [0.25, 0.3) is 6.08 Å². The second-order valence-corrected chi connectivity index (χ2v) is 5.59. The first kappa shape index (κ1) is 18.5. The van der Waals surface area contributed by atoms with Crippen molar-refractivity contribution in [1.29, 1.82) is 0 Å². The summed E-state index contributed by atoms with van der Waals surface area (Å²) in [5.41, 5.74) is 0.241. The number of carbonyl (C=O) groups excluding carboxylic acids is 1. The molecule has 0 aliphatic carbocycles. The Labute approximate surface area is 152 Å². The molecule has 0 spiro atoms. The van der Waals surface area contributed by atoms with E-state index in [0.717, 1.165) is 23.8 Å². The van der Waals surface area contributed by atoms with Crippen LogP contribution in [0.4, 0.5) is 15.8 Å². The molecule has 0 radical (unpaired) electrons. The molecule has 0 bridgehead atoms. The molecular weight excluding hydrogens is 369 g/mol. The van der Waals surface area contributed by atoms with Gasteiger partial charge >= 0.3 is 0 Å². The number of benzene rings is 2. The van der Waals surface area contributed by atoms with Gasteiger partial charge in [-0.2, -0.15) is 0 Å². The van der Waals surface area contributed by atoms with E-state index in [2.05, 4.69) is 10.6 Å². The molecule has 0 aliphatic heterocycles. The largest absolute Gasteiger partial charge is 0.330 e. The Kier molecular flexibility index (Phi) is 6.15. The van der Waals surface area contributed by atoms with Gasteiger partial charge in [-0.1, -0.05) is 23.7 Å². The molecule has 0 heterocycles. The highest BCUT2D eigenvalue weighted by Gasteiger charge is 2.12. The number of rotatable bonds is 4. The zero-order valence-corrected chi connectivity index (χ0v) is 14.1. The minimum Gasteiger partial charge on any atom is -0.330 e. The fourth-order valence-corrected chi connectivity index (χ4v) is 2.11. The lowest BCUT2D eigenvalue weighted by molar-refractivity contribution is -0.384. The van der Waals surface area contributed by atoms with Gasteiger partial charge in [0.1, 0.15) is 5.82 Å². The van der Waals surface area contributed by atoms with Crippen LogP contribution >= 0.6 is 23.8 Å². The minimum absolute atomic E-state index is 0.190. The van der Waals surface area contributed by atoms with Crippen molar-refractivity contribution in [3.63, 3.8) is 0 Å². The predicted molar refractivity (Wildman–Crippen MR) is 97.9 cm³/mol. The number of hydrogen-bond donors (Lipinski definition) is 2. The molecule has 6 nitrogen and oxygen atoms in total. The Bertz CT molecular complexity index is 856. The number of hydrogen-bond acceptors (Lipinski definition) is 4. The second kappa shape index (κ2) is 8.32. The summed E-state index contributed by atoms with van der Waals surface area (Å²) in [6.07, 6.45) is 2.78. The number of anilines is 1. The topological polar surface area (TPSA) is 84.3 Å². The summed E-state index contributed by atoms with van der Waals surface area (Å²) in [4.78, 5) is 21.8. The van der Waals surface area contributed by atoms with Gasteiger partial charge in [0.25, 0.3) is 5.69 Å². The van der Waals surface area contributed by atoms with Gasteiger partial charge in [0.2, 0.25) is 5.91 Å². The number of halogens is 2. The number of nitro groups is 1. The lowest BCUT2D eigenvalue weighted by atomic mass is 10.2. The van der Waals surface area contributed by atoms with Gasteiger partial charge in [-0.15, -0.1) is 0 Å². The van der Waals surface area contributed by atoms with Crippen LogP contribution in [0.15, 0.2) is 48.5 Å². The van der Waals surface area contributed by atoms with Crippen molar-refractivity contribution >= 4 is 52.3 Å². The summed E-state index contributed by atoms with van der Waals surface area (Å²) in [7, 11) is 0. The zero-order chi connectivity index (χ0) is 18.4. The van der Waals surface area contributed by atoms with Crippen LogP contribution in [-0.2, 0) is 4.79 Å². The maximum atomic E-state index is 13.7. The highest BCUT2D eigenvalue weighted by atomic mass is 35.5. The highest BCUT2D eigenvalue weighted by molar-refractivity contribution is 7.80. The number of non-ortho nitro benzene ring substituents is 1. The van der Waals surface area contributed by atoms with Crippen LogP contribution in [0.3, 0.4) is 0 Å². The molecule has 25 heavy (non-hydrogen) atoms. The van der Waals surface area contributed by atoms with E-state index in [9.17, 15) is 19.3 Å². The third-order valence-corrected chi connectivity index (χ3v) is 3.40. The maximum Gasteiger partial charge on any atom is 0.271 e. The third-order valence-electron chi connectivity index (χ3n) is 2.94. The normalized spacial score (nSPS) is 10.5. The van der Waals surface area contributed by atoms with Crippen LogP contribution in [0, 0.1) is 15.9 Å². The van der Waals surface area contributed by atoms with Crippen molar-refractivity contribution in [3.8, 4) is 0 Å². The predicted octanol–water partition coefficient (Wildman–Crippen LogP) is 3.91. The van der Waals surface area contributed by atoms with Crippen molar-refractivity contribution in [2.24, 2.45) is 0 Å². The molecule has 1 amide bonds. The van der Waals surface area contributed by atoms with Gasteiger partial charge in [-0.05, 0) is 42.1 Å². The van der Waals surface area contributed by atoms with Gasteiger partial charge in [0, 0.05) is 23.2 Å². The minimum atomic E-state index is -0.737. The van der Waals surface area contributed by atoms with E-state index >= 15 is 0 Å². The van der Waals surface area contributed by atoms with Gasteiger partial charge in [-0.3, -0.25) is 20.2 Å². The van der Waals surface area contributed by atoms with Crippen LogP contribution in [0.5, 0.6) is 0 Å². The fraction of sp³-hybridized carbons (Fsp3) is 0. The smallest absolute Gasteiger partial charge is 0.271 e. The summed E-state index contributed by atoms with van der Waals surface area (Å²) < 4.78 is 13.7. The Morgan fingerprint density at radius 1 is 1.24 bits per heavy atom. The monoisotopic (exact) mass is 379 g/mol. The maximum absolute atomic E-state index is 13.7. The molecular formula is C16H11ClFN3O3S. The summed E-state index contributed by atoms with van der Waals surface area (Å²) in [5, 5.41) is 15.8. The first-order chi connectivity index (χ1) is 11.8. The van der Waals surface area contributed by atoms with Crippen molar-refractivity contribution in [3.05, 3.63) is 75.1 Å². The molecule has 0 aliphatic rings. The second-order valence-electron chi connectivity index (χ2n) is 4.75. The van der Waals surface area contributed by atoms with Crippen LogP contribution in [0.1, 0.15) is 5.56 Å². The van der Waals surface area contributed by atoms with Crippen molar-refractivity contribution in [2.45, 2.75) is 0 Å². The molecule has 128 valence electrons. The average Bonchev–Trinajstić information content (AvgIpc) is 2.56.